The number of amides is 1. The Kier molecular flexibility index (Phi) is 3.29. The molecule has 0 spiro atoms. The van der Waals surface area contributed by atoms with Crippen molar-refractivity contribution in [3.63, 3.8) is 0 Å². The Morgan fingerprint density at radius 2 is 2.10 bits per heavy atom. The van der Waals surface area contributed by atoms with Crippen LogP contribution in [0.25, 0.3) is 11.3 Å². The zero-order valence-corrected chi connectivity index (χ0v) is 11.7. The molecule has 0 saturated heterocycles. The van der Waals surface area contributed by atoms with Crippen molar-refractivity contribution in [2.75, 3.05) is 0 Å². The maximum atomic E-state index is 13.9. The molecule has 0 bridgehead atoms. The molecular formula is C13H9BrF2N2O2. The van der Waals surface area contributed by atoms with E-state index in [4.69, 9.17) is 4.42 Å². The fraction of sp³-hybridized carbons (Fsp3) is 0.231. The number of rotatable bonds is 3. The highest BCUT2D eigenvalue weighted by Crippen LogP contribution is 2.30. The molecule has 0 radical (unpaired) electrons. The lowest BCUT2D eigenvalue weighted by molar-refractivity contribution is 0.0947. The molecule has 0 aliphatic heterocycles. The van der Waals surface area contributed by atoms with Crippen LogP contribution in [0.5, 0.6) is 0 Å². The standard InChI is InChI=1S/C13H9BrF2N2O2/c14-8-4-9(15)7(3-10(8)16)12-11(17-5-20-12)13(19)18-6-1-2-6/h3-6H,1-2H2,(H,18,19). The van der Waals surface area contributed by atoms with Crippen molar-refractivity contribution in [1.82, 2.24) is 10.3 Å². The summed E-state index contributed by atoms with van der Waals surface area (Å²) in [6.45, 7) is 0. The fourth-order valence-electron chi connectivity index (χ4n) is 1.78. The molecule has 1 heterocycles. The maximum Gasteiger partial charge on any atom is 0.274 e. The van der Waals surface area contributed by atoms with Crippen LogP contribution in [0.3, 0.4) is 0 Å². The summed E-state index contributed by atoms with van der Waals surface area (Å²) in [7, 11) is 0. The number of oxazole rings is 1. The first-order valence-corrected chi connectivity index (χ1v) is 6.75. The summed E-state index contributed by atoms with van der Waals surface area (Å²) >= 11 is 2.89. The monoisotopic (exact) mass is 342 g/mol. The van der Waals surface area contributed by atoms with Crippen LogP contribution < -0.4 is 5.32 Å². The van der Waals surface area contributed by atoms with Crippen molar-refractivity contribution in [3.8, 4) is 11.3 Å². The quantitative estimate of drug-likeness (QED) is 0.871. The van der Waals surface area contributed by atoms with Crippen molar-refractivity contribution < 1.29 is 18.0 Å². The number of halogens is 3. The normalized spacial score (nSPS) is 14.3. The van der Waals surface area contributed by atoms with Gasteiger partial charge in [-0.25, -0.2) is 13.8 Å². The SMILES string of the molecule is O=C(NC1CC1)c1ncoc1-c1cc(F)c(Br)cc1F. The van der Waals surface area contributed by atoms with Gasteiger partial charge in [-0.3, -0.25) is 4.79 Å². The van der Waals surface area contributed by atoms with Crippen molar-refractivity contribution >= 4 is 21.8 Å². The van der Waals surface area contributed by atoms with Gasteiger partial charge in [-0.15, -0.1) is 0 Å². The van der Waals surface area contributed by atoms with Gasteiger partial charge in [0.1, 0.15) is 11.6 Å². The number of nitrogens with zero attached hydrogens (tertiary/aromatic N) is 1. The predicted octanol–water partition coefficient (Wildman–Crippen LogP) is 3.27. The van der Waals surface area contributed by atoms with Gasteiger partial charge in [-0.2, -0.15) is 0 Å². The van der Waals surface area contributed by atoms with E-state index in [1.165, 1.54) is 0 Å². The Labute approximate surface area is 121 Å². The van der Waals surface area contributed by atoms with Gasteiger partial charge in [0.2, 0.25) is 0 Å². The summed E-state index contributed by atoms with van der Waals surface area (Å²) in [5.74, 6) is -1.87. The van der Waals surface area contributed by atoms with Crippen molar-refractivity contribution in [1.29, 1.82) is 0 Å². The zero-order chi connectivity index (χ0) is 14.3. The Hall–Kier alpha value is -1.76. The van der Waals surface area contributed by atoms with Crippen molar-refractivity contribution in [2.24, 2.45) is 0 Å². The van der Waals surface area contributed by atoms with Gasteiger partial charge in [0, 0.05) is 6.04 Å². The number of hydrogen-bond donors (Lipinski definition) is 1. The van der Waals surface area contributed by atoms with E-state index in [0.29, 0.717) is 0 Å². The summed E-state index contributed by atoms with van der Waals surface area (Å²) in [5, 5.41) is 2.72. The zero-order valence-electron chi connectivity index (χ0n) is 10.1. The van der Waals surface area contributed by atoms with Gasteiger partial charge < -0.3 is 9.73 Å². The van der Waals surface area contributed by atoms with E-state index in [1.807, 2.05) is 0 Å². The Morgan fingerprint density at radius 3 is 2.80 bits per heavy atom. The first-order chi connectivity index (χ1) is 9.56. The molecule has 4 nitrogen and oxygen atoms in total. The van der Waals surface area contributed by atoms with Crippen LogP contribution in [0.1, 0.15) is 23.3 Å². The van der Waals surface area contributed by atoms with Gasteiger partial charge in [0.05, 0.1) is 10.0 Å². The van der Waals surface area contributed by atoms with E-state index >= 15 is 0 Å². The van der Waals surface area contributed by atoms with Gasteiger partial charge in [-0.1, -0.05) is 0 Å². The number of nitrogens with one attached hydrogen (secondary N) is 1. The van der Waals surface area contributed by atoms with E-state index in [9.17, 15) is 13.6 Å². The van der Waals surface area contributed by atoms with Crippen LogP contribution in [-0.2, 0) is 0 Å². The maximum absolute atomic E-state index is 13.9. The third-order valence-electron chi connectivity index (χ3n) is 2.95. The van der Waals surface area contributed by atoms with Crippen LogP contribution in [0.15, 0.2) is 27.4 Å². The van der Waals surface area contributed by atoms with Crippen molar-refractivity contribution in [2.45, 2.75) is 18.9 Å². The van der Waals surface area contributed by atoms with Crippen LogP contribution in [0, 0.1) is 11.6 Å². The van der Waals surface area contributed by atoms with E-state index in [0.717, 1.165) is 31.4 Å². The molecule has 1 aliphatic carbocycles. The molecule has 1 fully saturated rings. The van der Waals surface area contributed by atoms with Gasteiger partial charge in [0.15, 0.2) is 17.8 Å². The second-order valence-electron chi connectivity index (χ2n) is 4.52. The molecule has 1 aromatic carbocycles. The molecule has 1 amide bonds. The molecule has 104 valence electrons. The van der Waals surface area contributed by atoms with Gasteiger partial charge >= 0.3 is 0 Å². The largest absolute Gasteiger partial charge is 0.443 e. The molecule has 20 heavy (non-hydrogen) atoms. The van der Waals surface area contributed by atoms with Crippen LogP contribution >= 0.6 is 15.9 Å². The average molecular weight is 343 g/mol. The number of hydrogen-bond acceptors (Lipinski definition) is 3. The average Bonchev–Trinajstić information content (AvgIpc) is 3.07. The third kappa shape index (κ3) is 2.45. The lowest BCUT2D eigenvalue weighted by Gasteiger charge is -2.05. The molecule has 7 heteroatoms. The molecule has 3 rings (SSSR count). The van der Waals surface area contributed by atoms with Crippen LogP contribution in [-0.4, -0.2) is 16.9 Å². The fourth-order valence-corrected chi connectivity index (χ4v) is 2.09. The first-order valence-electron chi connectivity index (χ1n) is 5.95. The Morgan fingerprint density at radius 1 is 1.35 bits per heavy atom. The number of aromatic nitrogens is 1. The lowest BCUT2D eigenvalue weighted by atomic mass is 10.1. The van der Waals surface area contributed by atoms with E-state index in [-0.39, 0.29) is 27.5 Å². The topological polar surface area (TPSA) is 55.1 Å². The molecular weight excluding hydrogens is 334 g/mol. The molecule has 1 saturated carbocycles. The molecule has 2 aromatic rings. The number of carbonyl (C=O) groups excluding carboxylic acids is 1. The minimum Gasteiger partial charge on any atom is -0.443 e. The minimum atomic E-state index is -0.699. The highest BCUT2D eigenvalue weighted by atomic mass is 79.9. The third-order valence-corrected chi connectivity index (χ3v) is 3.56. The predicted molar refractivity (Wildman–Crippen MR) is 70.0 cm³/mol. The lowest BCUT2D eigenvalue weighted by Crippen LogP contribution is -2.26. The first kappa shape index (κ1) is 13.2. The molecule has 0 atom stereocenters. The van der Waals surface area contributed by atoms with Crippen LogP contribution in [0.4, 0.5) is 8.78 Å². The summed E-state index contributed by atoms with van der Waals surface area (Å²) in [5.41, 5.74) is -0.179. The second kappa shape index (κ2) is 4.97. The second-order valence-corrected chi connectivity index (χ2v) is 5.38. The Bertz CT molecular complexity index is 683. The molecule has 1 aliphatic rings. The van der Waals surface area contributed by atoms with E-state index in [2.05, 4.69) is 26.2 Å². The molecule has 1 N–H and O–H groups in total. The highest BCUT2D eigenvalue weighted by Gasteiger charge is 2.28. The summed E-state index contributed by atoms with van der Waals surface area (Å²) in [6, 6.07) is 2.09. The minimum absolute atomic E-state index is 0.00208. The summed E-state index contributed by atoms with van der Waals surface area (Å²) < 4.78 is 32.5. The summed E-state index contributed by atoms with van der Waals surface area (Å²) in [6.07, 6.45) is 2.87. The van der Waals surface area contributed by atoms with Crippen molar-refractivity contribution in [3.05, 3.63) is 40.3 Å². The van der Waals surface area contributed by atoms with Crippen LogP contribution in [0.2, 0.25) is 0 Å². The number of carbonyl (C=O) groups is 1. The molecule has 1 aromatic heterocycles. The van der Waals surface area contributed by atoms with E-state index < -0.39 is 17.5 Å². The Balaban J connectivity index is 2.00. The molecule has 0 unspecified atom stereocenters. The van der Waals surface area contributed by atoms with Gasteiger partial charge in [-0.05, 0) is 40.9 Å². The highest BCUT2D eigenvalue weighted by molar-refractivity contribution is 9.10. The van der Waals surface area contributed by atoms with Gasteiger partial charge in [0.25, 0.3) is 5.91 Å². The smallest absolute Gasteiger partial charge is 0.274 e. The number of benzene rings is 1. The summed E-state index contributed by atoms with van der Waals surface area (Å²) in [4.78, 5) is 15.7. The van der Waals surface area contributed by atoms with E-state index in [1.54, 1.807) is 0 Å².